The molecule has 0 spiro atoms. The molecule has 0 aliphatic carbocycles. The molecule has 4 aromatic rings. The summed E-state index contributed by atoms with van der Waals surface area (Å²) in [5.41, 5.74) is 2.01. The average Bonchev–Trinajstić information content (AvgIpc) is 3.22. The van der Waals surface area contributed by atoms with Gasteiger partial charge in [0.2, 0.25) is 5.16 Å². The highest BCUT2D eigenvalue weighted by Gasteiger charge is 2.20. The summed E-state index contributed by atoms with van der Waals surface area (Å²) in [4.78, 5) is 12.2. The number of hydrogen-bond acceptors (Lipinski definition) is 4. The molecule has 108 valence electrons. The molecule has 1 aromatic carbocycles. The van der Waals surface area contributed by atoms with E-state index < -0.39 is 0 Å². The summed E-state index contributed by atoms with van der Waals surface area (Å²) in [6.45, 7) is 0. The lowest BCUT2D eigenvalue weighted by Crippen LogP contribution is -1.99. The van der Waals surface area contributed by atoms with E-state index in [1.165, 1.54) is 5.56 Å². The average molecular weight is 307 g/mol. The molecule has 0 saturated heterocycles. The van der Waals surface area contributed by atoms with Crippen LogP contribution < -0.4 is 0 Å². The van der Waals surface area contributed by atoms with E-state index in [9.17, 15) is 0 Å². The van der Waals surface area contributed by atoms with Gasteiger partial charge in [0.15, 0.2) is 5.65 Å². The Balaban J connectivity index is 1.72. The van der Waals surface area contributed by atoms with E-state index in [4.69, 9.17) is 0 Å². The zero-order chi connectivity index (χ0) is 14.8. The molecule has 4 rings (SSSR count). The van der Waals surface area contributed by atoms with E-state index in [-0.39, 0.29) is 5.25 Å². The molecule has 0 fully saturated rings. The van der Waals surface area contributed by atoms with Gasteiger partial charge in [-0.3, -0.25) is 0 Å². The number of aromatic nitrogens is 5. The number of imidazole rings is 1. The third kappa shape index (κ3) is 2.48. The first-order chi connectivity index (χ1) is 10.9. The van der Waals surface area contributed by atoms with Gasteiger partial charge < -0.3 is 4.98 Å². The fourth-order valence-corrected chi connectivity index (χ4v) is 3.32. The second-order valence-corrected chi connectivity index (χ2v) is 5.85. The molecule has 0 aliphatic heterocycles. The first-order valence-electron chi connectivity index (χ1n) is 6.92. The van der Waals surface area contributed by atoms with Crippen LogP contribution in [0.5, 0.6) is 0 Å². The fourth-order valence-electron chi connectivity index (χ4n) is 2.30. The Morgan fingerprint density at radius 2 is 1.91 bits per heavy atom. The molecule has 3 heterocycles. The van der Waals surface area contributed by atoms with Gasteiger partial charge in [-0.15, -0.1) is 5.10 Å². The van der Waals surface area contributed by atoms with Crippen molar-refractivity contribution in [3.8, 4) is 0 Å². The zero-order valence-electron chi connectivity index (χ0n) is 11.6. The molecular weight excluding hydrogens is 294 g/mol. The van der Waals surface area contributed by atoms with E-state index >= 15 is 0 Å². The number of nitrogens with zero attached hydrogens (tertiary/aromatic N) is 4. The third-order valence-electron chi connectivity index (χ3n) is 3.32. The maximum atomic E-state index is 4.56. The first-order valence-corrected chi connectivity index (χ1v) is 7.80. The lowest BCUT2D eigenvalue weighted by atomic mass is 10.1. The van der Waals surface area contributed by atoms with Crippen LogP contribution in [-0.2, 0) is 0 Å². The number of hydrogen-bond donors (Lipinski definition) is 1. The minimum Gasteiger partial charge on any atom is -0.347 e. The second kappa shape index (κ2) is 5.65. The number of rotatable bonds is 4. The highest BCUT2D eigenvalue weighted by atomic mass is 32.2. The van der Waals surface area contributed by atoms with Crippen LogP contribution in [0.1, 0.15) is 16.6 Å². The Labute approximate surface area is 131 Å². The van der Waals surface area contributed by atoms with E-state index in [2.05, 4.69) is 32.2 Å². The van der Waals surface area contributed by atoms with Gasteiger partial charge in [-0.25, -0.2) is 14.5 Å². The van der Waals surface area contributed by atoms with Gasteiger partial charge in [-0.05, 0) is 17.7 Å². The second-order valence-electron chi connectivity index (χ2n) is 4.78. The predicted molar refractivity (Wildman–Crippen MR) is 85.7 cm³/mol. The lowest BCUT2D eigenvalue weighted by molar-refractivity contribution is 0.880. The molecule has 22 heavy (non-hydrogen) atoms. The standard InChI is InChI=1S/C16H13N5S/c1-2-6-12(7-3-1)14(15-17-9-10-18-15)22-16-19-13-8-4-5-11-21(13)20-16/h1-11,14H,(H,17,18). The van der Waals surface area contributed by atoms with E-state index in [0.717, 1.165) is 16.6 Å². The molecule has 0 bridgehead atoms. The normalized spacial score (nSPS) is 12.5. The van der Waals surface area contributed by atoms with Gasteiger partial charge in [0, 0.05) is 18.6 Å². The molecule has 0 amide bonds. The number of pyridine rings is 1. The summed E-state index contributed by atoms with van der Waals surface area (Å²) in [6, 6.07) is 16.1. The highest BCUT2D eigenvalue weighted by Crippen LogP contribution is 2.37. The van der Waals surface area contributed by atoms with Crippen molar-refractivity contribution in [3.63, 3.8) is 0 Å². The fraction of sp³-hybridized carbons (Fsp3) is 0.0625. The monoisotopic (exact) mass is 307 g/mol. The van der Waals surface area contributed by atoms with Crippen molar-refractivity contribution in [2.24, 2.45) is 0 Å². The SMILES string of the molecule is c1ccc(C(Sc2nc3ccccn3n2)c2ncc[nH]2)cc1. The Kier molecular flexibility index (Phi) is 3.36. The number of benzene rings is 1. The lowest BCUT2D eigenvalue weighted by Gasteiger charge is -2.12. The molecule has 0 radical (unpaired) electrons. The van der Waals surface area contributed by atoms with E-state index in [1.54, 1.807) is 22.5 Å². The van der Waals surface area contributed by atoms with Gasteiger partial charge in [0.1, 0.15) is 5.82 Å². The van der Waals surface area contributed by atoms with Crippen molar-refractivity contribution in [3.05, 3.63) is 78.5 Å². The smallest absolute Gasteiger partial charge is 0.210 e. The van der Waals surface area contributed by atoms with Crippen molar-refractivity contribution in [2.45, 2.75) is 10.4 Å². The summed E-state index contributed by atoms with van der Waals surface area (Å²) < 4.78 is 1.78. The van der Waals surface area contributed by atoms with Crippen LogP contribution in [0, 0.1) is 0 Å². The molecule has 0 saturated carbocycles. The van der Waals surface area contributed by atoms with Gasteiger partial charge in [-0.2, -0.15) is 0 Å². The molecule has 5 nitrogen and oxygen atoms in total. The van der Waals surface area contributed by atoms with Crippen molar-refractivity contribution < 1.29 is 0 Å². The number of nitrogens with one attached hydrogen (secondary N) is 1. The van der Waals surface area contributed by atoms with Crippen LogP contribution in [-0.4, -0.2) is 24.6 Å². The highest BCUT2D eigenvalue weighted by molar-refractivity contribution is 7.99. The van der Waals surface area contributed by atoms with Gasteiger partial charge >= 0.3 is 0 Å². The summed E-state index contributed by atoms with van der Waals surface area (Å²) in [6.07, 6.45) is 5.50. The number of H-pyrrole nitrogens is 1. The molecule has 3 aromatic heterocycles. The van der Waals surface area contributed by atoms with Crippen molar-refractivity contribution in [1.82, 2.24) is 24.6 Å². The third-order valence-corrected chi connectivity index (χ3v) is 4.43. The zero-order valence-corrected chi connectivity index (χ0v) is 12.4. The Bertz CT molecular complexity index is 837. The first kappa shape index (κ1) is 13.1. The van der Waals surface area contributed by atoms with Crippen LogP contribution in [0.3, 0.4) is 0 Å². The molecule has 0 aliphatic rings. The van der Waals surface area contributed by atoms with E-state index in [1.807, 2.05) is 48.8 Å². The van der Waals surface area contributed by atoms with Crippen LogP contribution in [0.4, 0.5) is 0 Å². The maximum absolute atomic E-state index is 4.56. The number of thioether (sulfide) groups is 1. The summed E-state index contributed by atoms with van der Waals surface area (Å²) >= 11 is 1.59. The Hall–Kier alpha value is -2.60. The van der Waals surface area contributed by atoms with Gasteiger partial charge in [0.05, 0.1) is 5.25 Å². The van der Waals surface area contributed by atoms with Crippen LogP contribution in [0.2, 0.25) is 0 Å². The largest absolute Gasteiger partial charge is 0.347 e. The maximum Gasteiger partial charge on any atom is 0.210 e. The summed E-state index contributed by atoms with van der Waals surface area (Å²) in [7, 11) is 0. The van der Waals surface area contributed by atoms with Crippen molar-refractivity contribution in [2.75, 3.05) is 0 Å². The van der Waals surface area contributed by atoms with Gasteiger partial charge in [-0.1, -0.05) is 48.2 Å². The number of fused-ring (bicyclic) bond motifs is 1. The predicted octanol–water partition coefficient (Wildman–Crippen LogP) is 3.33. The number of aromatic amines is 1. The molecule has 1 atom stereocenters. The quantitative estimate of drug-likeness (QED) is 0.588. The molecule has 1 unspecified atom stereocenters. The van der Waals surface area contributed by atoms with Crippen LogP contribution in [0.25, 0.3) is 5.65 Å². The Morgan fingerprint density at radius 1 is 1.05 bits per heavy atom. The Morgan fingerprint density at radius 3 is 2.68 bits per heavy atom. The summed E-state index contributed by atoms with van der Waals surface area (Å²) in [5, 5.41) is 5.28. The molecule has 6 heteroatoms. The van der Waals surface area contributed by atoms with Crippen molar-refractivity contribution >= 4 is 17.4 Å². The van der Waals surface area contributed by atoms with Crippen LogP contribution >= 0.6 is 11.8 Å². The van der Waals surface area contributed by atoms with E-state index in [0.29, 0.717) is 0 Å². The van der Waals surface area contributed by atoms with Gasteiger partial charge in [0.25, 0.3) is 0 Å². The molecule has 1 N–H and O–H groups in total. The molecular formula is C16H13N5S. The minimum absolute atomic E-state index is 0.0358. The topological polar surface area (TPSA) is 58.9 Å². The minimum atomic E-state index is 0.0358. The summed E-state index contributed by atoms with van der Waals surface area (Å²) in [5.74, 6) is 0.898. The van der Waals surface area contributed by atoms with Crippen LogP contribution in [0.15, 0.2) is 72.3 Å². The van der Waals surface area contributed by atoms with Crippen molar-refractivity contribution in [1.29, 1.82) is 0 Å².